The predicted octanol–water partition coefficient (Wildman–Crippen LogP) is 3.52. The summed E-state index contributed by atoms with van der Waals surface area (Å²) in [5.74, 6) is 1.84. The van der Waals surface area contributed by atoms with Crippen LogP contribution in [0.3, 0.4) is 0 Å². The van der Waals surface area contributed by atoms with Crippen LogP contribution < -0.4 is 20.1 Å². The first kappa shape index (κ1) is 23.7. The molecule has 0 aliphatic carbocycles. The average Bonchev–Trinajstić information content (AvgIpc) is 3.23. The molecule has 0 saturated carbocycles. The number of nitrogens with one attached hydrogen (secondary N) is 2. The van der Waals surface area contributed by atoms with E-state index >= 15 is 0 Å². The fraction of sp³-hybridized carbons (Fsp3) is 0.346. The van der Waals surface area contributed by atoms with E-state index in [1.807, 2.05) is 50.2 Å². The molecule has 1 atom stereocenters. The van der Waals surface area contributed by atoms with Gasteiger partial charge in [-0.2, -0.15) is 0 Å². The number of ether oxygens (including phenoxy) is 2. The van der Waals surface area contributed by atoms with Crippen LogP contribution in [0.5, 0.6) is 11.5 Å². The van der Waals surface area contributed by atoms with Crippen molar-refractivity contribution in [3.63, 3.8) is 0 Å². The molecule has 2 aliphatic heterocycles. The Morgan fingerprint density at radius 2 is 2.06 bits per heavy atom. The molecule has 2 aromatic carbocycles. The summed E-state index contributed by atoms with van der Waals surface area (Å²) in [6.45, 7) is 5.81. The molecule has 2 aliphatic rings. The maximum absolute atomic E-state index is 13.0. The summed E-state index contributed by atoms with van der Waals surface area (Å²) in [5.41, 5.74) is 3.85. The lowest BCUT2D eigenvalue weighted by atomic mass is 10.0. The summed E-state index contributed by atoms with van der Waals surface area (Å²) >= 11 is 0. The minimum absolute atomic E-state index is 0.128. The van der Waals surface area contributed by atoms with E-state index in [1.165, 1.54) is 0 Å². The third kappa shape index (κ3) is 4.85. The summed E-state index contributed by atoms with van der Waals surface area (Å²) in [6.07, 6.45) is 0. The molecular weight excluding hydrogens is 462 g/mol. The van der Waals surface area contributed by atoms with E-state index in [4.69, 9.17) is 14.0 Å². The second-order valence-electron chi connectivity index (χ2n) is 9.00. The van der Waals surface area contributed by atoms with Gasteiger partial charge in [-0.25, -0.2) is 4.79 Å². The first-order valence-electron chi connectivity index (χ1n) is 11.8. The Balaban J connectivity index is 1.31. The van der Waals surface area contributed by atoms with Gasteiger partial charge in [-0.15, -0.1) is 0 Å². The van der Waals surface area contributed by atoms with Gasteiger partial charge in [0.1, 0.15) is 23.9 Å². The van der Waals surface area contributed by atoms with Crippen LogP contribution in [0.15, 0.2) is 47.0 Å². The standard InChI is InChI=1S/C26H29N5O5/c1-16-25(17(2)36-29-16)18-7-8-23-22(11-18)28-24(32)14-30-9-10-31(13-20(30)15-35-23)26(33)27-19-5-4-6-21(12-19)34-3/h4-8,11-12,20H,9-10,13-15H2,1-3H3,(H,27,33)(H,28,32)/t20-/m1/s1. The lowest BCUT2D eigenvalue weighted by Gasteiger charge is -2.40. The van der Waals surface area contributed by atoms with Gasteiger partial charge in [-0.05, 0) is 43.7 Å². The molecule has 3 aromatic rings. The van der Waals surface area contributed by atoms with Crippen molar-refractivity contribution in [3.05, 3.63) is 53.9 Å². The highest BCUT2D eigenvalue weighted by Crippen LogP contribution is 2.34. The molecule has 1 saturated heterocycles. The van der Waals surface area contributed by atoms with E-state index in [0.717, 1.165) is 16.8 Å². The van der Waals surface area contributed by atoms with Crippen molar-refractivity contribution in [2.75, 3.05) is 50.5 Å². The zero-order valence-electron chi connectivity index (χ0n) is 20.5. The largest absolute Gasteiger partial charge is 0.497 e. The SMILES string of the molecule is COc1cccc(NC(=O)N2CCN3CC(=O)Nc4cc(-c5c(C)noc5C)ccc4OC[C@H]3C2)c1. The minimum atomic E-state index is -0.197. The maximum Gasteiger partial charge on any atom is 0.321 e. The van der Waals surface area contributed by atoms with Gasteiger partial charge in [0.25, 0.3) is 0 Å². The van der Waals surface area contributed by atoms with Crippen molar-refractivity contribution in [2.45, 2.75) is 19.9 Å². The number of anilines is 2. The number of carbonyl (C=O) groups excluding carboxylic acids is 2. The van der Waals surface area contributed by atoms with E-state index in [2.05, 4.69) is 20.7 Å². The van der Waals surface area contributed by atoms with Gasteiger partial charge < -0.3 is 29.5 Å². The number of nitrogens with zero attached hydrogens (tertiary/aromatic N) is 3. The monoisotopic (exact) mass is 491 g/mol. The van der Waals surface area contributed by atoms with Crippen LogP contribution in [0.4, 0.5) is 16.2 Å². The van der Waals surface area contributed by atoms with Crippen molar-refractivity contribution in [2.24, 2.45) is 0 Å². The van der Waals surface area contributed by atoms with E-state index in [9.17, 15) is 9.59 Å². The van der Waals surface area contributed by atoms with Crippen LogP contribution in [-0.4, -0.2) is 72.8 Å². The molecule has 10 heteroatoms. The smallest absolute Gasteiger partial charge is 0.321 e. The van der Waals surface area contributed by atoms with Crippen LogP contribution in [0.25, 0.3) is 11.1 Å². The molecular formula is C26H29N5O5. The van der Waals surface area contributed by atoms with Gasteiger partial charge in [0.05, 0.1) is 31.1 Å². The Bertz CT molecular complexity index is 1270. The highest BCUT2D eigenvalue weighted by Gasteiger charge is 2.32. The Kier molecular flexibility index (Phi) is 6.51. The second kappa shape index (κ2) is 9.90. The van der Waals surface area contributed by atoms with Gasteiger partial charge in [0.2, 0.25) is 5.91 Å². The molecule has 5 rings (SSSR count). The number of carbonyl (C=O) groups is 2. The third-order valence-corrected chi connectivity index (χ3v) is 6.57. The van der Waals surface area contributed by atoms with Crippen LogP contribution in [0.2, 0.25) is 0 Å². The Hall–Kier alpha value is -4.05. The first-order chi connectivity index (χ1) is 17.4. The number of aryl methyl sites for hydroxylation is 2. The normalized spacial score (nSPS) is 18.0. The van der Waals surface area contributed by atoms with Gasteiger partial charge in [-0.3, -0.25) is 9.69 Å². The number of amides is 3. The number of fused-ring (bicyclic) bond motifs is 2. The van der Waals surface area contributed by atoms with Crippen molar-refractivity contribution < 1.29 is 23.6 Å². The molecule has 0 spiro atoms. The van der Waals surface area contributed by atoms with Crippen molar-refractivity contribution in [1.29, 1.82) is 0 Å². The minimum Gasteiger partial charge on any atom is -0.497 e. The second-order valence-corrected chi connectivity index (χ2v) is 9.00. The van der Waals surface area contributed by atoms with E-state index in [0.29, 0.717) is 54.9 Å². The maximum atomic E-state index is 13.0. The molecule has 0 bridgehead atoms. The average molecular weight is 492 g/mol. The summed E-state index contributed by atoms with van der Waals surface area (Å²) in [4.78, 5) is 29.7. The van der Waals surface area contributed by atoms with Crippen molar-refractivity contribution >= 4 is 23.3 Å². The number of hydrogen-bond acceptors (Lipinski definition) is 7. The number of piperazine rings is 1. The van der Waals surface area contributed by atoms with Crippen LogP contribution >= 0.6 is 0 Å². The zero-order chi connectivity index (χ0) is 25.2. The Morgan fingerprint density at radius 1 is 1.19 bits per heavy atom. The van der Waals surface area contributed by atoms with Crippen molar-refractivity contribution in [3.8, 4) is 22.6 Å². The van der Waals surface area contributed by atoms with Crippen LogP contribution in [-0.2, 0) is 4.79 Å². The number of hydrogen-bond donors (Lipinski definition) is 2. The fourth-order valence-corrected chi connectivity index (χ4v) is 4.71. The molecule has 3 heterocycles. The van der Waals surface area contributed by atoms with Crippen LogP contribution in [0, 0.1) is 13.8 Å². The molecule has 2 N–H and O–H groups in total. The molecule has 0 radical (unpaired) electrons. The number of urea groups is 1. The summed E-state index contributed by atoms with van der Waals surface area (Å²) in [5, 5.41) is 9.95. The lowest BCUT2D eigenvalue weighted by Crippen LogP contribution is -2.58. The summed E-state index contributed by atoms with van der Waals surface area (Å²) in [6, 6.07) is 12.6. The van der Waals surface area contributed by atoms with Crippen molar-refractivity contribution in [1.82, 2.24) is 15.0 Å². The number of methoxy groups -OCH3 is 1. The van der Waals surface area contributed by atoms with E-state index < -0.39 is 0 Å². The molecule has 0 unspecified atom stereocenters. The van der Waals surface area contributed by atoms with Gasteiger partial charge in [-0.1, -0.05) is 17.3 Å². The predicted molar refractivity (Wildman–Crippen MR) is 134 cm³/mol. The van der Waals surface area contributed by atoms with Gasteiger partial charge >= 0.3 is 6.03 Å². The summed E-state index contributed by atoms with van der Waals surface area (Å²) in [7, 11) is 1.59. The molecule has 10 nitrogen and oxygen atoms in total. The summed E-state index contributed by atoms with van der Waals surface area (Å²) < 4.78 is 16.7. The van der Waals surface area contributed by atoms with E-state index in [1.54, 1.807) is 18.1 Å². The third-order valence-electron chi connectivity index (χ3n) is 6.57. The van der Waals surface area contributed by atoms with Gasteiger partial charge in [0.15, 0.2) is 0 Å². The molecule has 1 aromatic heterocycles. The number of aromatic nitrogens is 1. The van der Waals surface area contributed by atoms with Crippen LogP contribution in [0.1, 0.15) is 11.5 Å². The number of benzene rings is 2. The molecule has 1 fully saturated rings. The van der Waals surface area contributed by atoms with E-state index in [-0.39, 0.29) is 24.5 Å². The first-order valence-corrected chi connectivity index (χ1v) is 11.8. The topological polar surface area (TPSA) is 109 Å². The van der Waals surface area contributed by atoms with Gasteiger partial charge in [0, 0.05) is 37.0 Å². The quantitative estimate of drug-likeness (QED) is 0.577. The highest BCUT2D eigenvalue weighted by molar-refractivity contribution is 5.95. The Morgan fingerprint density at radius 3 is 2.83 bits per heavy atom. The molecule has 188 valence electrons. The zero-order valence-corrected chi connectivity index (χ0v) is 20.5. The fourth-order valence-electron chi connectivity index (χ4n) is 4.71. The highest BCUT2D eigenvalue weighted by atomic mass is 16.5. The molecule has 36 heavy (non-hydrogen) atoms. The number of rotatable bonds is 3. The lowest BCUT2D eigenvalue weighted by molar-refractivity contribution is -0.118. The molecule has 3 amide bonds. The Labute approximate surface area is 209 Å².